The Balaban J connectivity index is 2.17. The number of carbonyl (C=O) groups is 1. The SMILES string of the molecule is CC(=O)Nc1ccccc1Cc1ccc(OC#N)cc1. The van der Waals surface area contributed by atoms with Crippen LogP contribution in [0.25, 0.3) is 0 Å². The minimum atomic E-state index is -0.0878. The van der Waals surface area contributed by atoms with Crippen molar-refractivity contribution in [3.63, 3.8) is 0 Å². The fourth-order valence-electron chi connectivity index (χ4n) is 1.93. The van der Waals surface area contributed by atoms with E-state index in [9.17, 15) is 4.79 Å². The van der Waals surface area contributed by atoms with Crippen molar-refractivity contribution < 1.29 is 9.53 Å². The van der Waals surface area contributed by atoms with Gasteiger partial charge in [-0.25, -0.2) is 0 Å². The van der Waals surface area contributed by atoms with Crippen molar-refractivity contribution in [2.45, 2.75) is 13.3 Å². The number of para-hydroxylation sites is 1. The first kappa shape index (κ1) is 13.6. The zero-order chi connectivity index (χ0) is 14.4. The van der Waals surface area contributed by atoms with Crippen LogP contribution in [-0.4, -0.2) is 5.91 Å². The number of nitrogens with one attached hydrogen (secondary N) is 1. The van der Waals surface area contributed by atoms with Crippen LogP contribution in [0.1, 0.15) is 18.1 Å². The molecule has 0 saturated heterocycles. The van der Waals surface area contributed by atoms with E-state index in [4.69, 9.17) is 10.00 Å². The topological polar surface area (TPSA) is 62.1 Å². The summed E-state index contributed by atoms with van der Waals surface area (Å²) in [6, 6.07) is 15.0. The lowest BCUT2D eigenvalue weighted by molar-refractivity contribution is -0.114. The van der Waals surface area contributed by atoms with Gasteiger partial charge in [-0.15, -0.1) is 5.26 Å². The molecule has 4 nitrogen and oxygen atoms in total. The molecule has 2 aromatic rings. The first-order valence-electron chi connectivity index (χ1n) is 6.19. The summed E-state index contributed by atoms with van der Waals surface area (Å²) in [5.41, 5.74) is 2.93. The van der Waals surface area contributed by atoms with Gasteiger partial charge in [0.25, 0.3) is 6.26 Å². The first-order chi connectivity index (χ1) is 9.69. The van der Waals surface area contributed by atoms with E-state index in [1.54, 1.807) is 18.4 Å². The molecule has 1 N–H and O–H groups in total. The molecular weight excluding hydrogens is 252 g/mol. The average Bonchev–Trinajstić information content (AvgIpc) is 2.43. The maximum absolute atomic E-state index is 11.2. The van der Waals surface area contributed by atoms with Crippen LogP contribution in [0.3, 0.4) is 0 Å². The highest BCUT2D eigenvalue weighted by atomic mass is 16.5. The molecule has 0 aromatic heterocycles. The van der Waals surface area contributed by atoms with Crippen LogP contribution >= 0.6 is 0 Å². The van der Waals surface area contributed by atoms with Gasteiger partial charge in [-0.1, -0.05) is 30.3 Å². The third-order valence-electron chi connectivity index (χ3n) is 2.81. The largest absolute Gasteiger partial charge is 0.388 e. The van der Waals surface area contributed by atoms with Crippen molar-refractivity contribution in [2.24, 2.45) is 0 Å². The van der Waals surface area contributed by atoms with E-state index in [0.717, 1.165) is 16.8 Å². The summed E-state index contributed by atoms with van der Waals surface area (Å²) in [5.74, 6) is 0.432. The summed E-state index contributed by atoms with van der Waals surface area (Å²) in [6.45, 7) is 1.49. The Morgan fingerprint density at radius 3 is 2.55 bits per heavy atom. The van der Waals surface area contributed by atoms with Crippen LogP contribution in [-0.2, 0) is 11.2 Å². The average molecular weight is 266 g/mol. The van der Waals surface area contributed by atoms with Crippen LogP contribution in [0.15, 0.2) is 48.5 Å². The van der Waals surface area contributed by atoms with Crippen molar-refractivity contribution in [2.75, 3.05) is 5.32 Å². The molecule has 2 aromatic carbocycles. The molecule has 0 spiro atoms. The zero-order valence-electron chi connectivity index (χ0n) is 11.1. The Labute approximate surface area is 117 Å². The molecule has 0 bridgehead atoms. The fraction of sp³-hybridized carbons (Fsp3) is 0.125. The smallest absolute Gasteiger partial charge is 0.292 e. The third kappa shape index (κ3) is 3.59. The number of rotatable bonds is 4. The number of carbonyl (C=O) groups excluding carboxylic acids is 1. The van der Waals surface area contributed by atoms with Gasteiger partial charge >= 0.3 is 0 Å². The second-order valence-electron chi connectivity index (χ2n) is 4.35. The highest BCUT2D eigenvalue weighted by Crippen LogP contribution is 2.20. The van der Waals surface area contributed by atoms with E-state index in [2.05, 4.69) is 5.32 Å². The molecule has 0 aliphatic heterocycles. The quantitative estimate of drug-likeness (QED) is 0.865. The summed E-state index contributed by atoms with van der Waals surface area (Å²) < 4.78 is 4.74. The lowest BCUT2D eigenvalue weighted by Crippen LogP contribution is -2.08. The number of hydrogen-bond acceptors (Lipinski definition) is 3. The monoisotopic (exact) mass is 266 g/mol. The predicted octanol–water partition coefficient (Wildman–Crippen LogP) is 3.10. The Morgan fingerprint density at radius 1 is 1.20 bits per heavy atom. The summed E-state index contributed by atoms with van der Waals surface area (Å²) in [5, 5.41) is 11.3. The second-order valence-corrected chi connectivity index (χ2v) is 4.35. The van der Waals surface area contributed by atoms with E-state index >= 15 is 0 Å². The van der Waals surface area contributed by atoms with Gasteiger partial charge in [-0.3, -0.25) is 4.79 Å². The summed E-state index contributed by atoms with van der Waals surface area (Å²) >= 11 is 0. The van der Waals surface area contributed by atoms with Crippen molar-refractivity contribution in [3.8, 4) is 12.0 Å². The molecule has 20 heavy (non-hydrogen) atoms. The zero-order valence-corrected chi connectivity index (χ0v) is 11.1. The number of ether oxygens (including phenoxy) is 1. The number of hydrogen-bond donors (Lipinski definition) is 1. The van der Waals surface area contributed by atoms with Crippen LogP contribution in [0.5, 0.6) is 5.75 Å². The second kappa shape index (κ2) is 6.39. The molecule has 0 aliphatic rings. The molecule has 1 amide bonds. The van der Waals surface area contributed by atoms with Gasteiger partial charge in [0, 0.05) is 12.6 Å². The molecule has 0 unspecified atom stereocenters. The van der Waals surface area contributed by atoms with Crippen LogP contribution < -0.4 is 10.1 Å². The molecule has 0 saturated carbocycles. The maximum Gasteiger partial charge on any atom is 0.292 e. The lowest BCUT2D eigenvalue weighted by atomic mass is 10.0. The van der Waals surface area contributed by atoms with Crippen LogP contribution in [0.4, 0.5) is 5.69 Å². The third-order valence-corrected chi connectivity index (χ3v) is 2.81. The minimum Gasteiger partial charge on any atom is -0.388 e. The van der Waals surface area contributed by atoms with E-state index in [1.165, 1.54) is 6.92 Å². The van der Waals surface area contributed by atoms with Crippen molar-refractivity contribution >= 4 is 11.6 Å². The fourth-order valence-corrected chi connectivity index (χ4v) is 1.93. The van der Waals surface area contributed by atoms with Crippen molar-refractivity contribution in [1.82, 2.24) is 0 Å². The molecule has 0 heterocycles. The van der Waals surface area contributed by atoms with Crippen molar-refractivity contribution in [3.05, 3.63) is 59.7 Å². The molecule has 2 rings (SSSR count). The van der Waals surface area contributed by atoms with E-state index in [0.29, 0.717) is 12.2 Å². The minimum absolute atomic E-state index is 0.0878. The van der Waals surface area contributed by atoms with Gasteiger partial charge < -0.3 is 10.1 Å². The van der Waals surface area contributed by atoms with Gasteiger partial charge in [0.2, 0.25) is 5.91 Å². The Bertz CT molecular complexity index is 642. The van der Waals surface area contributed by atoms with Gasteiger partial charge in [0.1, 0.15) is 5.75 Å². The number of nitriles is 1. The highest BCUT2D eigenvalue weighted by molar-refractivity contribution is 5.89. The Kier molecular flexibility index (Phi) is 4.35. The van der Waals surface area contributed by atoms with Gasteiger partial charge in [0.15, 0.2) is 0 Å². The number of amides is 1. The lowest BCUT2D eigenvalue weighted by Gasteiger charge is -2.10. The Morgan fingerprint density at radius 2 is 1.90 bits per heavy atom. The van der Waals surface area contributed by atoms with Crippen molar-refractivity contribution in [1.29, 1.82) is 5.26 Å². The van der Waals surface area contributed by atoms with Gasteiger partial charge in [0.05, 0.1) is 0 Å². The normalized spacial score (nSPS) is 9.60. The summed E-state index contributed by atoms with van der Waals surface area (Å²) in [6.07, 6.45) is 2.33. The number of nitrogens with zero attached hydrogens (tertiary/aromatic N) is 1. The molecule has 4 heteroatoms. The molecule has 0 radical (unpaired) electrons. The first-order valence-corrected chi connectivity index (χ1v) is 6.19. The molecule has 100 valence electrons. The molecule has 0 atom stereocenters. The van der Waals surface area contributed by atoms with E-state index < -0.39 is 0 Å². The molecule has 0 fully saturated rings. The number of benzene rings is 2. The van der Waals surface area contributed by atoms with Gasteiger partial charge in [-0.2, -0.15) is 0 Å². The van der Waals surface area contributed by atoms with Crippen LogP contribution in [0, 0.1) is 11.5 Å². The van der Waals surface area contributed by atoms with Crippen LogP contribution in [0.2, 0.25) is 0 Å². The molecular formula is C16H14N2O2. The van der Waals surface area contributed by atoms with E-state index in [1.807, 2.05) is 36.4 Å². The maximum atomic E-state index is 11.2. The Hall–Kier alpha value is -2.80. The number of anilines is 1. The molecule has 0 aliphatic carbocycles. The summed E-state index contributed by atoms with van der Waals surface area (Å²) in [4.78, 5) is 11.2. The van der Waals surface area contributed by atoms with Gasteiger partial charge in [-0.05, 0) is 35.7 Å². The highest BCUT2D eigenvalue weighted by Gasteiger charge is 2.04. The summed E-state index contributed by atoms with van der Waals surface area (Å²) in [7, 11) is 0. The predicted molar refractivity (Wildman–Crippen MR) is 76.2 cm³/mol. The van der Waals surface area contributed by atoms with E-state index in [-0.39, 0.29) is 5.91 Å². The standard InChI is InChI=1S/C16H14N2O2/c1-12(19)18-16-5-3-2-4-14(16)10-13-6-8-15(9-7-13)20-11-17/h2-9H,10H2,1H3,(H,18,19).